The SMILES string of the molecule is CCCCC(CC)COC(=O)C(C)c1cccc(O)c1. The third-order valence-electron chi connectivity index (χ3n) is 3.73. The average Bonchev–Trinajstić information content (AvgIpc) is 2.46. The van der Waals surface area contributed by atoms with E-state index in [-0.39, 0.29) is 17.6 Å². The highest BCUT2D eigenvalue weighted by atomic mass is 16.5. The fourth-order valence-corrected chi connectivity index (χ4v) is 2.15. The zero-order chi connectivity index (χ0) is 15.0. The van der Waals surface area contributed by atoms with Gasteiger partial charge in [-0.1, -0.05) is 45.2 Å². The molecule has 1 N–H and O–H groups in total. The highest BCUT2D eigenvalue weighted by molar-refractivity contribution is 5.77. The summed E-state index contributed by atoms with van der Waals surface area (Å²) in [5.74, 6) is 0.0723. The highest BCUT2D eigenvalue weighted by Gasteiger charge is 2.18. The summed E-state index contributed by atoms with van der Waals surface area (Å²) >= 11 is 0. The topological polar surface area (TPSA) is 46.5 Å². The van der Waals surface area contributed by atoms with E-state index >= 15 is 0 Å². The molecule has 0 aliphatic rings. The lowest BCUT2D eigenvalue weighted by Gasteiger charge is -2.17. The summed E-state index contributed by atoms with van der Waals surface area (Å²) in [7, 11) is 0. The molecule has 2 unspecified atom stereocenters. The molecule has 0 amide bonds. The first-order chi connectivity index (χ1) is 9.58. The minimum atomic E-state index is -0.342. The Balaban J connectivity index is 2.49. The second-order valence-electron chi connectivity index (χ2n) is 5.36. The Hall–Kier alpha value is -1.51. The molecule has 0 spiro atoms. The van der Waals surface area contributed by atoms with Crippen molar-refractivity contribution in [1.29, 1.82) is 0 Å². The van der Waals surface area contributed by atoms with Crippen LogP contribution in [0.4, 0.5) is 0 Å². The molecule has 0 bridgehead atoms. The Morgan fingerprint density at radius 2 is 2.10 bits per heavy atom. The van der Waals surface area contributed by atoms with E-state index in [1.165, 1.54) is 12.8 Å². The predicted molar refractivity (Wildman–Crippen MR) is 80.8 cm³/mol. The molecule has 0 aliphatic carbocycles. The maximum absolute atomic E-state index is 12.0. The van der Waals surface area contributed by atoms with Crippen LogP contribution >= 0.6 is 0 Å². The minimum absolute atomic E-state index is 0.177. The molecule has 0 heterocycles. The van der Waals surface area contributed by atoms with E-state index in [4.69, 9.17) is 4.74 Å². The van der Waals surface area contributed by atoms with Crippen LogP contribution < -0.4 is 0 Å². The summed E-state index contributed by atoms with van der Waals surface area (Å²) in [5.41, 5.74) is 0.789. The van der Waals surface area contributed by atoms with Gasteiger partial charge in [0, 0.05) is 0 Å². The zero-order valence-corrected chi connectivity index (χ0v) is 12.8. The van der Waals surface area contributed by atoms with Crippen molar-refractivity contribution in [1.82, 2.24) is 0 Å². The van der Waals surface area contributed by atoms with Gasteiger partial charge in [-0.05, 0) is 37.0 Å². The summed E-state index contributed by atoms with van der Waals surface area (Å²) in [6, 6.07) is 6.78. The molecule has 1 rings (SSSR count). The normalized spacial score (nSPS) is 13.8. The van der Waals surface area contributed by atoms with E-state index in [9.17, 15) is 9.90 Å². The van der Waals surface area contributed by atoms with E-state index in [1.54, 1.807) is 18.2 Å². The summed E-state index contributed by atoms with van der Waals surface area (Å²) < 4.78 is 5.43. The number of hydrogen-bond donors (Lipinski definition) is 1. The van der Waals surface area contributed by atoms with E-state index in [0.717, 1.165) is 18.4 Å². The molecule has 3 heteroatoms. The molecular formula is C17H26O3. The Morgan fingerprint density at radius 1 is 1.35 bits per heavy atom. The average molecular weight is 278 g/mol. The molecule has 0 aromatic heterocycles. The lowest BCUT2D eigenvalue weighted by molar-refractivity contribution is -0.146. The second kappa shape index (κ2) is 8.62. The fourth-order valence-electron chi connectivity index (χ4n) is 2.15. The second-order valence-corrected chi connectivity index (χ2v) is 5.36. The lowest BCUT2D eigenvalue weighted by Crippen LogP contribution is -2.18. The molecule has 20 heavy (non-hydrogen) atoms. The molecule has 0 fully saturated rings. The molecule has 1 aromatic carbocycles. The van der Waals surface area contributed by atoms with Gasteiger partial charge < -0.3 is 9.84 Å². The van der Waals surface area contributed by atoms with Gasteiger partial charge in [-0.2, -0.15) is 0 Å². The maximum Gasteiger partial charge on any atom is 0.313 e. The van der Waals surface area contributed by atoms with Gasteiger partial charge in [0.05, 0.1) is 12.5 Å². The van der Waals surface area contributed by atoms with Crippen LogP contribution in [0.2, 0.25) is 0 Å². The number of aromatic hydroxyl groups is 1. The summed E-state index contributed by atoms with van der Waals surface area (Å²) in [4.78, 5) is 12.0. The smallest absolute Gasteiger partial charge is 0.313 e. The van der Waals surface area contributed by atoms with Gasteiger partial charge in [-0.15, -0.1) is 0 Å². The maximum atomic E-state index is 12.0. The van der Waals surface area contributed by atoms with E-state index in [1.807, 2.05) is 13.0 Å². The Kier molecular flexibility index (Phi) is 7.13. The number of ether oxygens (including phenoxy) is 1. The Morgan fingerprint density at radius 3 is 2.70 bits per heavy atom. The van der Waals surface area contributed by atoms with Crippen molar-refractivity contribution >= 4 is 5.97 Å². The van der Waals surface area contributed by atoms with E-state index in [2.05, 4.69) is 13.8 Å². The molecule has 0 radical (unpaired) electrons. The van der Waals surface area contributed by atoms with Crippen molar-refractivity contribution in [3.8, 4) is 5.75 Å². The largest absolute Gasteiger partial charge is 0.508 e. The van der Waals surface area contributed by atoms with Crippen LogP contribution in [0, 0.1) is 5.92 Å². The number of esters is 1. The molecule has 1 aromatic rings. The first-order valence-electron chi connectivity index (χ1n) is 7.54. The van der Waals surface area contributed by atoms with Gasteiger partial charge in [0.1, 0.15) is 5.75 Å². The zero-order valence-electron chi connectivity index (χ0n) is 12.8. The molecule has 112 valence electrons. The third kappa shape index (κ3) is 5.24. The molecule has 2 atom stereocenters. The van der Waals surface area contributed by atoms with Crippen LogP contribution in [-0.4, -0.2) is 17.7 Å². The summed E-state index contributed by atoms with van der Waals surface area (Å²) in [6.07, 6.45) is 4.50. The quantitative estimate of drug-likeness (QED) is 0.723. The molecular weight excluding hydrogens is 252 g/mol. The number of carbonyl (C=O) groups excluding carboxylic acids is 1. The number of benzene rings is 1. The third-order valence-corrected chi connectivity index (χ3v) is 3.73. The van der Waals surface area contributed by atoms with Crippen molar-refractivity contribution in [3.63, 3.8) is 0 Å². The van der Waals surface area contributed by atoms with Crippen molar-refractivity contribution in [3.05, 3.63) is 29.8 Å². The van der Waals surface area contributed by atoms with Gasteiger partial charge in [0.15, 0.2) is 0 Å². The van der Waals surface area contributed by atoms with Gasteiger partial charge in [-0.3, -0.25) is 4.79 Å². The first kappa shape index (κ1) is 16.5. The van der Waals surface area contributed by atoms with Crippen LogP contribution in [0.3, 0.4) is 0 Å². The van der Waals surface area contributed by atoms with Gasteiger partial charge >= 0.3 is 5.97 Å². The number of phenolic OH excluding ortho intramolecular Hbond substituents is 1. The van der Waals surface area contributed by atoms with Crippen molar-refractivity contribution in [2.75, 3.05) is 6.61 Å². The minimum Gasteiger partial charge on any atom is -0.508 e. The molecule has 3 nitrogen and oxygen atoms in total. The summed E-state index contributed by atoms with van der Waals surface area (Å²) in [6.45, 7) is 6.61. The van der Waals surface area contributed by atoms with Gasteiger partial charge in [-0.25, -0.2) is 0 Å². The van der Waals surface area contributed by atoms with Crippen LogP contribution in [0.1, 0.15) is 57.9 Å². The Bertz CT molecular complexity index is 414. The fraction of sp³-hybridized carbons (Fsp3) is 0.588. The molecule has 0 saturated carbocycles. The number of unbranched alkanes of at least 4 members (excludes halogenated alkanes) is 1. The van der Waals surface area contributed by atoms with E-state index in [0.29, 0.717) is 12.5 Å². The number of carbonyl (C=O) groups is 1. The van der Waals surface area contributed by atoms with Crippen molar-refractivity contribution in [2.45, 2.75) is 52.4 Å². The van der Waals surface area contributed by atoms with Gasteiger partial charge in [0.2, 0.25) is 0 Å². The number of phenols is 1. The van der Waals surface area contributed by atoms with Crippen LogP contribution in [-0.2, 0) is 9.53 Å². The standard InChI is InChI=1S/C17H26O3/c1-4-6-8-14(5-2)12-20-17(19)13(3)15-9-7-10-16(18)11-15/h7,9-11,13-14,18H,4-6,8,12H2,1-3H3. The molecule has 0 saturated heterocycles. The van der Waals surface area contributed by atoms with E-state index < -0.39 is 0 Å². The van der Waals surface area contributed by atoms with Crippen molar-refractivity contribution in [2.24, 2.45) is 5.92 Å². The monoisotopic (exact) mass is 278 g/mol. The summed E-state index contributed by atoms with van der Waals surface area (Å²) in [5, 5.41) is 9.44. The molecule has 0 aliphatic heterocycles. The number of rotatable bonds is 8. The van der Waals surface area contributed by atoms with Crippen LogP contribution in [0.25, 0.3) is 0 Å². The highest BCUT2D eigenvalue weighted by Crippen LogP contribution is 2.22. The van der Waals surface area contributed by atoms with Crippen molar-refractivity contribution < 1.29 is 14.6 Å². The van der Waals surface area contributed by atoms with Crippen LogP contribution in [0.5, 0.6) is 5.75 Å². The number of hydrogen-bond acceptors (Lipinski definition) is 3. The van der Waals surface area contributed by atoms with Gasteiger partial charge in [0.25, 0.3) is 0 Å². The Labute approximate surface area is 122 Å². The van der Waals surface area contributed by atoms with Crippen LogP contribution in [0.15, 0.2) is 24.3 Å². The lowest BCUT2D eigenvalue weighted by atomic mass is 9.99. The predicted octanol–water partition coefficient (Wildman–Crippen LogP) is 4.26. The first-order valence-corrected chi connectivity index (χ1v) is 7.54.